The van der Waals surface area contributed by atoms with Crippen molar-refractivity contribution in [2.75, 3.05) is 0 Å². The summed E-state index contributed by atoms with van der Waals surface area (Å²) in [5.41, 5.74) is 3.36. The Balaban J connectivity index is 1.51. The molecule has 4 rings (SSSR count). The van der Waals surface area contributed by atoms with Crippen molar-refractivity contribution in [2.45, 2.75) is 33.4 Å². The van der Waals surface area contributed by atoms with Gasteiger partial charge in [0.2, 0.25) is 5.91 Å². The van der Waals surface area contributed by atoms with E-state index in [4.69, 9.17) is 0 Å². The first-order chi connectivity index (χ1) is 14.5. The fraction of sp³-hybridized carbons (Fsp3) is 0.217. The summed E-state index contributed by atoms with van der Waals surface area (Å²) >= 11 is 0. The zero-order valence-electron chi connectivity index (χ0n) is 17.0. The van der Waals surface area contributed by atoms with Crippen LogP contribution in [0.2, 0.25) is 0 Å². The SMILES string of the molecule is Cc1ccc(-n2ncc3c(=O)n(CCC(=O)NCc4ccccc4)c(C)nc32)cc1. The van der Waals surface area contributed by atoms with Gasteiger partial charge in [-0.25, -0.2) is 9.67 Å². The van der Waals surface area contributed by atoms with E-state index in [0.29, 0.717) is 23.4 Å². The highest BCUT2D eigenvalue weighted by molar-refractivity contribution is 5.76. The van der Waals surface area contributed by atoms with E-state index < -0.39 is 0 Å². The third-order valence-corrected chi connectivity index (χ3v) is 5.05. The molecule has 30 heavy (non-hydrogen) atoms. The summed E-state index contributed by atoms with van der Waals surface area (Å²) in [6.07, 6.45) is 1.74. The molecule has 152 valence electrons. The second-order valence-electron chi connectivity index (χ2n) is 7.26. The molecular weight excluding hydrogens is 378 g/mol. The second kappa shape index (κ2) is 8.32. The van der Waals surface area contributed by atoms with E-state index in [9.17, 15) is 9.59 Å². The molecule has 0 aliphatic heterocycles. The van der Waals surface area contributed by atoms with Crippen molar-refractivity contribution in [3.8, 4) is 5.69 Å². The van der Waals surface area contributed by atoms with Crippen LogP contribution in [-0.4, -0.2) is 25.2 Å². The Morgan fingerprint density at radius 1 is 1.03 bits per heavy atom. The van der Waals surface area contributed by atoms with Gasteiger partial charge >= 0.3 is 0 Å². The Morgan fingerprint density at radius 2 is 1.77 bits per heavy atom. The van der Waals surface area contributed by atoms with Gasteiger partial charge in [0.25, 0.3) is 5.56 Å². The molecule has 7 heteroatoms. The Kier molecular flexibility index (Phi) is 5.43. The van der Waals surface area contributed by atoms with Crippen molar-refractivity contribution in [1.82, 2.24) is 24.6 Å². The van der Waals surface area contributed by atoms with E-state index in [1.807, 2.05) is 61.5 Å². The molecule has 0 saturated carbocycles. The van der Waals surface area contributed by atoms with Crippen molar-refractivity contribution in [3.63, 3.8) is 0 Å². The van der Waals surface area contributed by atoms with Crippen LogP contribution >= 0.6 is 0 Å². The number of carbonyl (C=O) groups is 1. The fourth-order valence-electron chi connectivity index (χ4n) is 3.34. The molecule has 0 radical (unpaired) electrons. The number of carbonyl (C=O) groups excluding carboxylic acids is 1. The minimum absolute atomic E-state index is 0.111. The summed E-state index contributed by atoms with van der Waals surface area (Å²) in [6.45, 7) is 4.52. The monoisotopic (exact) mass is 401 g/mol. The molecule has 0 unspecified atom stereocenters. The molecular formula is C23H23N5O2. The number of nitrogens with one attached hydrogen (secondary N) is 1. The van der Waals surface area contributed by atoms with E-state index in [-0.39, 0.29) is 24.4 Å². The van der Waals surface area contributed by atoms with E-state index in [1.54, 1.807) is 11.6 Å². The van der Waals surface area contributed by atoms with Gasteiger partial charge < -0.3 is 5.32 Å². The minimum atomic E-state index is -0.188. The topological polar surface area (TPSA) is 81.8 Å². The van der Waals surface area contributed by atoms with Crippen molar-refractivity contribution in [2.24, 2.45) is 0 Å². The number of nitrogens with zero attached hydrogens (tertiary/aromatic N) is 4. The highest BCUT2D eigenvalue weighted by Gasteiger charge is 2.15. The van der Waals surface area contributed by atoms with Gasteiger partial charge in [0.15, 0.2) is 5.65 Å². The number of fused-ring (bicyclic) bond motifs is 1. The van der Waals surface area contributed by atoms with E-state index in [2.05, 4.69) is 15.4 Å². The average Bonchev–Trinajstić information content (AvgIpc) is 3.17. The van der Waals surface area contributed by atoms with E-state index in [0.717, 1.165) is 16.8 Å². The molecule has 7 nitrogen and oxygen atoms in total. The smallest absolute Gasteiger partial charge is 0.264 e. The Bertz CT molecular complexity index is 1240. The largest absolute Gasteiger partial charge is 0.352 e. The first kappa shape index (κ1) is 19.6. The standard InChI is InChI=1S/C23H23N5O2/c1-16-8-10-19(11-9-16)28-22-20(15-25-28)23(30)27(17(2)26-22)13-12-21(29)24-14-18-6-4-3-5-7-18/h3-11,15H,12-14H2,1-2H3,(H,24,29). The molecule has 2 aromatic carbocycles. The van der Waals surface area contributed by atoms with Crippen molar-refractivity contribution >= 4 is 16.9 Å². The molecule has 1 amide bonds. The van der Waals surface area contributed by atoms with Crippen LogP contribution in [0.5, 0.6) is 0 Å². The van der Waals surface area contributed by atoms with Crippen molar-refractivity contribution in [3.05, 3.63) is 88.1 Å². The lowest BCUT2D eigenvalue weighted by molar-refractivity contribution is -0.121. The number of aromatic nitrogens is 4. The van der Waals surface area contributed by atoms with Gasteiger partial charge in [-0.3, -0.25) is 14.2 Å². The summed E-state index contributed by atoms with van der Waals surface area (Å²) < 4.78 is 3.20. The summed E-state index contributed by atoms with van der Waals surface area (Å²) in [4.78, 5) is 29.8. The Labute approximate surface area is 174 Å². The maximum atomic E-state index is 13.0. The van der Waals surface area contributed by atoms with Gasteiger partial charge in [-0.2, -0.15) is 5.10 Å². The molecule has 0 saturated heterocycles. The zero-order valence-corrected chi connectivity index (χ0v) is 17.0. The van der Waals surface area contributed by atoms with Crippen molar-refractivity contribution in [1.29, 1.82) is 0 Å². The van der Waals surface area contributed by atoms with Crippen LogP contribution in [0.25, 0.3) is 16.7 Å². The van der Waals surface area contributed by atoms with Crippen molar-refractivity contribution < 1.29 is 4.79 Å². The normalized spacial score (nSPS) is 11.0. The minimum Gasteiger partial charge on any atom is -0.352 e. The molecule has 0 aliphatic carbocycles. The predicted molar refractivity (Wildman–Crippen MR) is 116 cm³/mol. The molecule has 0 atom stereocenters. The number of hydrogen-bond donors (Lipinski definition) is 1. The lowest BCUT2D eigenvalue weighted by Crippen LogP contribution is -2.29. The quantitative estimate of drug-likeness (QED) is 0.539. The van der Waals surface area contributed by atoms with Gasteiger partial charge in [0, 0.05) is 19.5 Å². The number of aryl methyl sites for hydroxylation is 2. The van der Waals surface area contributed by atoms with Crippen LogP contribution in [0, 0.1) is 13.8 Å². The van der Waals surface area contributed by atoms with Gasteiger partial charge in [0.1, 0.15) is 11.2 Å². The molecule has 0 spiro atoms. The van der Waals surface area contributed by atoms with Crippen LogP contribution in [0.4, 0.5) is 0 Å². The van der Waals surface area contributed by atoms with Gasteiger partial charge in [-0.05, 0) is 31.5 Å². The summed E-state index contributed by atoms with van der Waals surface area (Å²) in [7, 11) is 0. The van der Waals surface area contributed by atoms with Crippen LogP contribution in [-0.2, 0) is 17.9 Å². The second-order valence-corrected chi connectivity index (χ2v) is 7.26. The molecule has 4 aromatic rings. The number of benzene rings is 2. The third kappa shape index (κ3) is 4.00. The predicted octanol–water partition coefficient (Wildman–Crippen LogP) is 2.91. The highest BCUT2D eigenvalue weighted by atomic mass is 16.1. The van der Waals surface area contributed by atoms with Crippen LogP contribution < -0.4 is 10.9 Å². The molecule has 0 bridgehead atoms. The summed E-state index contributed by atoms with van der Waals surface area (Å²) in [5.74, 6) is 0.442. The van der Waals surface area contributed by atoms with Crippen LogP contribution in [0.3, 0.4) is 0 Å². The molecule has 2 heterocycles. The van der Waals surface area contributed by atoms with Gasteiger partial charge in [-0.15, -0.1) is 0 Å². The number of rotatable bonds is 6. The Morgan fingerprint density at radius 3 is 2.50 bits per heavy atom. The summed E-state index contributed by atoms with van der Waals surface area (Å²) in [6, 6.07) is 17.6. The Hall–Kier alpha value is -3.74. The van der Waals surface area contributed by atoms with Crippen LogP contribution in [0.1, 0.15) is 23.4 Å². The molecule has 0 fully saturated rings. The first-order valence-electron chi connectivity index (χ1n) is 9.86. The molecule has 1 N–H and O–H groups in total. The van der Waals surface area contributed by atoms with Gasteiger partial charge in [0.05, 0.1) is 11.9 Å². The van der Waals surface area contributed by atoms with Gasteiger partial charge in [-0.1, -0.05) is 48.0 Å². The summed E-state index contributed by atoms with van der Waals surface area (Å²) in [5, 5.41) is 7.68. The average molecular weight is 401 g/mol. The lowest BCUT2D eigenvalue weighted by Gasteiger charge is -2.11. The maximum Gasteiger partial charge on any atom is 0.264 e. The fourth-order valence-corrected chi connectivity index (χ4v) is 3.34. The number of hydrogen-bond acceptors (Lipinski definition) is 4. The third-order valence-electron chi connectivity index (χ3n) is 5.05. The van der Waals surface area contributed by atoms with E-state index >= 15 is 0 Å². The first-order valence-corrected chi connectivity index (χ1v) is 9.86. The number of amides is 1. The van der Waals surface area contributed by atoms with Crippen LogP contribution in [0.15, 0.2) is 65.6 Å². The van der Waals surface area contributed by atoms with E-state index in [1.165, 1.54) is 10.8 Å². The highest BCUT2D eigenvalue weighted by Crippen LogP contribution is 2.15. The zero-order chi connectivity index (χ0) is 21.1. The maximum absolute atomic E-state index is 13.0. The lowest BCUT2D eigenvalue weighted by atomic mass is 10.2. The molecule has 0 aliphatic rings. The molecule has 2 aromatic heterocycles.